The van der Waals surface area contributed by atoms with Crippen molar-refractivity contribution in [1.82, 2.24) is 9.80 Å². The lowest BCUT2D eigenvalue weighted by Crippen LogP contribution is -2.47. The molecule has 1 aromatic carbocycles. The fraction of sp³-hybridized carbons (Fsp3) is 0.619. The van der Waals surface area contributed by atoms with Crippen LogP contribution in [-0.4, -0.2) is 67.0 Å². The lowest BCUT2D eigenvalue weighted by atomic mass is 10.0. The summed E-state index contributed by atoms with van der Waals surface area (Å²) >= 11 is 0. The number of nitrogens with one attached hydrogen (secondary N) is 1. The number of carbonyl (C=O) groups excluding carboxylic acids is 2. The molecule has 2 amide bonds. The predicted octanol–water partition coefficient (Wildman–Crippen LogP) is 2.61. The van der Waals surface area contributed by atoms with E-state index in [1.807, 2.05) is 18.7 Å². The van der Waals surface area contributed by atoms with Crippen molar-refractivity contribution in [3.05, 3.63) is 29.8 Å². The highest BCUT2D eigenvalue weighted by Crippen LogP contribution is 2.20. The maximum Gasteiger partial charge on any atom is 0.253 e. The van der Waals surface area contributed by atoms with Gasteiger partial charge in [0, 0.05) is 56.0 Å². The van der Waals surface area contributed by atoms with Gasteiger partial charge in [0.1, 0.15) is 0 Å². The normalized spacial score (nSPS) is 19.7. The molecule has 0 aliphatic carbocycles. The van der Waals surface area contributed by atoms with Crippen LogP contribution in [0.15, 0.2) is 24.3 Å². The lowest BCUT2D eigenvalue weighted by Gasteiger charge is -2.38. The van der Waals surface area contributed by atoms with Crippen LogP contribution in [0.5, 0.6) is 0 Å². The number of hydrogen-bond acceptors (Lipinski definition) is 4. The zero-order chi connectivity index (χ0) is 19.2. The predicted molar refractivity (Wildman–Crippen MR) is 106 cm³/mol. The molecule has 148 valence electrons. The van der Waals surface area contributed by atoms with Gasteiger partial charge in [-0.1, -0.05) is 13.8 Å². The van der Waals surface area contributed by atoms with E-state index in [9.17, 15) is 9.59 Å². The number of benzene rings is 1. The van der Waals surface area contributed by atoms with Crippen molar-refractivity contribution in [2.75, 3.05) is 44.7 Å². The maximum atomic E-state index is 12.8. The zero-order valence-corrected chi connectivity index (χ0v) is 16.4. The average Bonchev–Trinajstić information content (AvgIpc) is 2.97. The van der Waals surface area contributed by atoms with Gasteiger partial charge in [0.05, 0.1) is 6.61 Å². The molecule has 6 nitrogen and oxygen atoms in total. The SMILES string of the molecule is CC(C)C(=O)Nc1ccc(C(=O)N2CCC(N3CCCOCC3)CC2)cc1. The number of anilines is 1. The molecule has 3 rings (SSSR count). The molecule has 2 saturated heterocycles. The minimum absolute atomic E-state index is 0.0185. The smallest absolute Gasteiger partial charge is 0.253 e. The molecule has 1 N–H and O–H groups in total. The Morgan fingerprint density at radius 1 is 1.04 bits per heavy atom. The maximum absolute atomic E-state index is 12.8. The summed E-state index contributed by atoms with van der Waals surface area (Å²) in [5.74, 6) is -0.00665. The number of ether oxygens (including phenoxy) is 1. The second-order valence-electron chi connectivity index (χ2n) is 7.75. The van der Waals surface area contributed by atoms with Crippen molar-refractivity contribution in [2.45, 2.75) is 39.2 Å². The minimum atomic E-state index is -0.0663. The number of hydrogen-bond donors (Lipinski definition) is 1. The molecular formula is C21H31N3O3. The molecule has 0 saturated carbocycles. The summed E-state index contributed by atoms with van der Waals surface area (Å²) in [4.78, 5) is 29.0. The van der Waals surface area contributed by atoms with Gasteiger partial charge in [-0.15, -0.1) is 0 Å². The number of amides is 2. The molecule has 0 bridgehead atoms. The minimum Gasteiger partial charge on any atom is -0.380 e. The van der Waals surface area contributed by atoms with Gasteiger partial charge in [0.15, 0.2) is 0 Å². The first kappa shape index (κ1) is 19.8. The van der Waals surface area contributed by atoms with Gasteiger partial charge in [-0.25, -0.2) is 0 Å². The quantitative estimate of drug-likeness (QED) is 0.881. The second kappa shape index (κ2) is 9.33. The third-order valence-electron chi connectivity index (χ3n) is 5.45. The molecule has 0 atom stereocenters. The van der Waals surface area contributed by atoms with Crippen LogP contribution in [0.1, 0.15) is 43.5 Å². The van der Waals surface area contributed by atoms with Gasteiger partial charge < -0.3 is 15.0 Å². The zero-order valence-electron chi connectivity index (χ0n) is 16.4. The van der Waals surface area contributed by atoms with Crippen molar-refractivity contribution in [2.24, 2.45) is 5.92 Å². The third-order valence-corrected chi connectivity index (χ3v) is 5.45. The molecule has 1 aromatic rings. The fourth-order valence-corrected chi connectivity index (χ4v) is 3.73. The second-order valence-corrected chi connectivity index (χ2v) is 7.75. The summed E-state index contributed by atoms with van der Waals surface area (Å²) in [5.41, 5.74) is 1.41. The molecule has 2 aliphatic rings. The Labute approximate surface area is 161 Å². The van der Waals surface area contributed by atoms with Crippen LogP contribution >= 0.6 is 0 Å². The van der Waals surface area contributed by atoms with Crippen molar-refractivity contribution < 1.29 is 14.3 Å². The number of nitrogens with zero attached hydrogens (tertiary/aromatic N) is 2. The highest BCUT2D eigenvalue weighted by Gasteiger charge is 2.27. The summed E-state index contributed by atoms with van der Waals surface area (Å²) in [5, 5.41) is 2.85. The van der Waals surface area contributed by atoms with Crippen molar-refractivity contribution >= 4 is 17.5 Å². The van der Waals surface area contributed by atoms with E-state index in [2.05, 4.69) is 10.2 Å². The number of likely N-dealkylation sites (tertiary alicyclic amines) is 1. The summed E-state index contributed by atoms with van der Waals surface area (Å²) in [6.45, 7) is 9.09. The van der Waals surface area contributed by atoms with Crippen LogP contribution in [0, 0.1) is 5.92 Å². The Balaban J connectivity index is 1.52. The first-order chi connectivity index (χ1) is 13.0. The van der Waals surface area contributed by atoms with E-state index < -0.39 is 0 Å². The van der Waals surface area contributed by atoms with E-state index in [1.165, 1.54) is 0 Å². The van der Waals surface area contributed by atoms with Gasteiger partial charge in [-0.2, -0.15) is 0 Å². The highest BCUT2D eigenvalue weighted by atomic mass is 16.5. The molecule has 2 fully saturated rings. The van der Waals surface area contributed by atoms with Crippen LogP contribution in [0.25, 0.3) is 0 Å². The van der Waals surface area contributed by atoms with E-state index in [0.717, 1.165) is 64.3 Å². The van der Waals surface area contributed by atoms with E-state index in [0.29, 0.717) is 11.6 Å². The van der Waals surface area contributed by atoms with Gasteiger partial charge in [-0.3, -0.25) is 14.5 Å². The van der Waals surface area contributed by atoms with Crippen LogP contribution in [0.2, 0.25) is 0 Å². The first-order valence-electron chi connectivity index (χ1n) is 10.1. The van der Waals surface area contributed by atoms with E-state index in [-0.39, 0.29) is 17.7 Å². The number of carbonyl (C=O) groups is 2. The van der Waals surface area contributed by atoms with Gasteiger partial charge in [0.25, 0.3) is 5.91 Å². The van der Waals surface area contributed by atoms with E-state index in [1.54, 1.807) is 24.3 Å². The Morgan fingerprint density at radius 2 is 1.74 bits per heavy atom. The lowest BCUT2D eigenvalue weighted by molar-refractivity contribution is -0.118. The molecule has 0 aromatic heterocycles. The molecule has 6 heteroatoms. The molecule has 2 aliphatic heterocycles. The van der Waals surface area contributed by atoms with E-state index >= 15 is 0 Å². The monoisotopic (exact) mass is 373 g/mol. The third kappa shape index (κ3) is 5.30. The van der Waals surface area contributed by atoms with Crippen LogP contribution in [-0.2, 0) is 9.53 Å². The molecule has 27 heavy (non-hydrogen) atoms. The van der Waals surface area contributed by atoms with Crippen LogP contribution in [0.3, 0.4) is 0 Å². The topological polar surface area (TPSA) is 61.9 Å². The Bertz CT molecular complexity index is 629. The summed E-state index contributed by atoms with van der Waals surface area (Å²) < 4.78 is 5.55. The summed E-state index contributed by atoms with van der Waals surface area (Å²) in [7, 11) is 0. The number of piperidine rings is 1. The van der Waals surface area contributed by atoms with Crippen LogP contribution < -0.4 is 5.32 Å². The average molecular weight is 373 g/mol. The summed E-state index contributed by atoms with van der Waals surface area (Å²) in [6.07, 6.45) is 3.14. The highest BCUT2D eigenvalue weighted by molar-refractivity contribution is 5.96. The first-order valence-corrected chi connectivity index (χ1v) is 10.1. The molecule has 2 heterocycles. The summed E-state index contributed by atoms with van der Waals surface area (Å²) in [6, 6.07) is 7.77. The molecular weight excluding hydrogens is 342 g/mol. The Morgan fingerprint density at radius 3 is 2.41 bits per heavy atom. The largest absolute Gasteiger partial charge is 0.380 e. The van der Waals surface area contributed by atoms with Crippen LogP contribution in [0.4, 0.5) is 5.69 Å². The Kier molecular flexibility index (Phi) is 6.85. The Hall–Kier alpha value is -1.92. The van der Waals surface area contributed by atoms with Crippen molar-refractivity contribution in [3.63, 3.8) is 0 Å². The van der Waals surface area contributed by atoms with Crippen molar-refractivity contribution in [1.29, 1.82) is 0 Å². The molecule has 0 spiro atoms. The van der Waals surface area contributed by atoms with E-state index in [4.69, 9.17) is 4.74 Å². The number of rotatable bonds is 4. The van der Waals surface area contributed by atoms with Gasteiger partial charge >= 0.3 is 0 Å². The molecule has 0 radical (unpaired) electrons. The van der Waals surface area contributed by atoms with Gasteiger partial charge in [0.2, 0.25) is 5.91 Å². The fourth-order valence-electron chi connectivity index (χ4n) is 3.73. The van der Waals surface area contributed by atoms with Crippen molar-refractivity contribution in [3.8, 4) is 0 Å². The van der Waals surface area contributed by atoms with Gasteiger partial charge in [-0.05, 0) is 43.5 Å². The standard InChI is InChI=1S/C21H31N3O3/c1-16(2)20(25)22-18-6-4-17(5-7-18)21(26)24-11-8-19(9-12-24)23-10-3-14-27-15-13-23/h4-7,16,19H,3,8-15H2,1-2H3,(H,22,25). The molecule has 0 unspecified atom stereocenters.